The number of furan rings is 1. The number of benzene rings is 6. The number of nitrogens with zero attached hydrogens (tertiary/aromatic N) is 2. The second-order valence-electron chi connectivity index (χ2n) is 13.1. The lowest BCUT2D eigenvalue weighted by Gasteiger charge is -2.24. The van der Waals surface area contributed by atoms with Gasteiger partial charge in [-0.1, -0.05) is 78.9 Å². The fourth-order valence-corrected chi connectivity index (χ4v) is 8.49. The summed E-state index contributed by atoms with van der Waals surface area (Å²) in [5.41, 5.74) is 9.09. The van der Waals surface area contributed by atoms with Gasteiger partial charge >= 0.3 is 0 Å². The third-order valence-corrected chi connectivity index (χ3v) is 10.7. The molecule has 0 bridgehead atoms. The maximum atomic E-state index is 6.76. The van der Waals surface area contributed by atoms with Crippen molar-refractivity contribution in [2.75, 3.05) is 14.2 Å². The van der Waals surface area contributed by atoms with E-state index in [1.165, 1.54) is 21.5 Å². The van der Waals surface area contributed by atoms with Gasteiger partial charge in [-0.15, -0.1) is 0 Å². The lowest BCUT2D eigenvalue weighted by molar-refractivity contribution is 0.246. The Morgan fingerprint density at radius 1 is 0.560 bits per heavy atom. The summed E-state index contributed by atoms with van der Waals surface area (Å²) >= 11 is 0. The van der Waals surface area contributed by atoms with Crippen molar-refractivity contribution in [3.05, 3.63) is 145 Å². The van der Waals surface area contributed by atoms with E-state index < -0.39 is 0 Å². The van der Waals surface area contributed by atoms with Crippen molar-refractivity contribution in [1.29, 1.82) is 0 Å². The molecule has 11 rings (SSSR count). The van der Waals surface area contributed by atoms with Crippen LogP contribution in [0.1, 0.15) is 11.5 Å². The zero-order valence-electron chi connectivity index (χ0n) is 27.4. The van der Waals surface area contributed by atoms with E-state index in [0.717, 1.165) is 78.2 Å². The molecule has 6 nitrogen and oxygen atoms in total. The third kappa shape index (κ3) is 3.57. The highest BCUT2D eigenvalue weighted by molar-refractivity contribution is 6.13. The topological polar surface area (TPSA) is 50.7 Å². The van der Waals surface area contributed by atoms with Crippen molar-refractivity contribution in [3.63, 3.8) is 0 Å². The number of rotatable bonds is 4. The van der Waals surface area contributed by atoms with Gasteiger partial charge in [0.25, 0.3) is 0 Å². The SMILES string of the molecule is COC1=CC2Oc3c(ccc4c3oc3cc(OC)c(-n5c6ccccc6c6ccccc65)cc34)C2C=C1n1c2ccccc2c2ccccc21. The van der Waals surface area contributed by atoms with Gasteiger partial charge in [0.15, 0.2) is 11.3 Å². The van der Waals surface area contributed by atoms with Crippen LogP contribution in [0.4, 0.5) is 0 Å². The Bertz CT molecular complexity index is 2850. The van der Waals surface area contributed by atoms with Gasteiger partial charge in [-0.25, -0.2) is 0 Å². The lowest BCUT2D eigenvalue weighted by Crippen LogP contribution is -2.21. The number of ether oxygens (including phenoxy) is 3. The average molecular weight is 651 g/mol. The average Bonchev–Trinajstić information content (AvgIpc) is 3.91. The first kappa shape index (κ1) is 27.5. The quantitative estimate of drug-likeness (QED) is 0.190. The molecule has 1 aliphatic heterocycles. The Morgan fingerprint density at radius 3 is 1.72 bits per heavy atom. The molecule has 0 saturated carbocycles. The van der Waals surface area contributed by atoms with Gasteiger partial charge in [-0.2, -0.15) is 0 Å². The van der Waals surface area contributed by atoms with Crippen LogP contribution in [0.2, 0.25) is 0 Å². The molecule has 1 aliphatic carbocycles. The Morgan fingerprint density at radius 2 is 1.14 bits per heavy atom. The molecule has 0 spiro atoms. The summed E-state index contributed by atoms with van der Waals surface area (Å²) < 4.78 is 30.1. The number of aromatic nitrogens is 2. The standard InChI is InChI=1S/C44H30N2O4/c1-47-41-23-39-31(21-37(41)45-33-15-7-3-11-25(33)26-12-4-8-16-34(26)45)29-19-20-30-32-22-38(42(48-2)24-40(32)50-44(30)43(29)49-39)46-35-17-9-5-13-27(35)28-14-6-10-18-36(28)46/h3-24,31,39H,1-2H3. The van der Waals surface area contributed by atoms with Crippen molar-refractivity contribution in [2.45, 2.75) is 12.0 Å². The highest BCUT2D eigenvalue weighted by Gasteiger charge is 2.39. The van der Waals surface area contributed by atoms with E-state index in [1.807, 2.05) is 6.07 Å². The molecule has 0 amide bonds. The molecule has 50 heavy (non-hydrogen) atoms. The number of fused-ring (bicyclic) bond motifs is 13. The molecule has 0 N–H and O–H groups in total. The Hall–Kier alpha value is -6.40. The molecule has 2 unspecified atom stereocenters. The van der Waals surface area contributed by atoms with Crippen molar-refractivity contribution in [3.8, 4) is 17.2 Å². The number of methoxy groups -OCH3 is 2. The first-order valence-electron chi connectivity index (χ1n) is 16.9. The maximum Gasteiger partial charge on any atom is 0.177 e. The third-order valence-electron chi connectivity index (χ3n) is 10.7. The molecule has 6 heteroatoms. The molecular weight excluding hydrogens is 620 g/mol. The molecule has 6 aromatic carbocycles. The smallest absolute Gasteiger partial charge is 0.177 e. The molecule has 240 valence electrons. The van der Waals surface area contributed by atoms with E-state index >= 15 is 0 Å². The van der Waals surface area contributed by atoms with E-state index in [2.05, 4.69) is 137 Å². The van der Waals surface area contributed by atoms with Crippen molar-refractivity contribution < 1.29 is 18.6 Å². The second kappa shape index (κ2) is 10.1. The van der Waals surface area contributed by atoms with Gasteiger partial charge in [-0.3, -0.25) is 0 Å². The molecule has 2 atom stereocenters. The van der Waals surface area contributed by atoms with E-state index in [1.54, 1.807) is 14.2 Å². The van der Waals surface area contributed by atoms with Crippen molar-refractivity contribution in [1.82, 2.24) is 9.13 Å². The monoisotopic (exact) mass is 650 g/mol. The number of hydrogen-bond donors (Lipinski definition) is 0. The van der Waals surface area contributed by atoms with E-state index in [4.69, 9.17) is 18.6 Å². The van der Waals surface area contributed by atoms with Crippen LogP contribution in [0.5, 0.6) is 11.5 Å². The molecule has 0 radical (unpaired) electrons. The van der Waals surface area contributed by atoms with Crippen LogP contribution in [-0.2, 0) is 4.74 Å². The van der Waals surface area contributed by atoms with Gasteiger partial charge in [0.2, 0.25) is 0 Å². The highest BCUT2D eigenvalue weighted by Crippen LogP contribution is 2.51. The molecule has 2 aliphatic rings. The Balaban J connectivity index is 1.10. The zero-order valence-corrected chi connectivity index (χ0v) is 27.4. The minimum Gasteiger partial charge on any atom is -0.495 e. The first-order valence-corrected chi connectivity index (χ1v) is 16.9. The van der Waals surface area contributed by atoms with Gasteiger partial charge in [0, 0.05) is 55.9 Å². The van der Waals surface area contributed by atoms with E-state index in [9.17, 15) is 0 Å². The van der Waals surface area contributed by atoms with Gasteiger partial charge in [-0.05, 0) is 42.5 Å². The minimum atomic E-state index is -0.224. The van der Waals surface area contributed by atoms with Crippen molar-refractivity contribution in [2.24, 2.45) is 0 Å². The number of allylic oxidation sites excluding steroid dienone is 1. The number of para-hydroxylation sites is 4. The van der Waals surface area contributed by atoms with Gasteiger partial charge < -0.3 is 27.8 Å². The Kier molecular flexibility index (Phi) is 5.54. The Labute approximate surface area is 286 Å². The summed E-state index contributed by atoms with van der Waals surface area (Å²) in [7, 11) is 3.45. The fraction of sp³-hybridized carbons (Fsp3) is 0.0909. The normalized spacial score (nSPS) is 17.0. The lowest BCUT2D eigenvalue weighted by atomic mass is 9.89. The van der Waals surface area contributed by atoms with Crippen molar-refractivity contribution >= 4 is 71.2 Å². The summed E-state index contributed by atoms with van der Waals surface area (Å²) in [4.78, 5) is 0. The predicted octanol–water partition coefficient (Wildman–Crippen LogP) is 10.7. The summed E-state index contributed by atoms with van der Waals surface area (Å²) in [5, 5.41) is 6.84. The van der Waals surface area contributed by atoms with Crippen LogP contribution in [0.25, 0.3) is 76.9 Å². The largest absolute Gasteiger partial charge is 0.495 e. The maximum absolute atomic E-state index is 6.76. The van der Waals surface area contributed by atoms with Gasteiger partial charge in [0.1, 0.15) is 23.2 Å². The molecule has 9 aromatic rings. The molecule has 3 aromatic heterocycles. The summed E-state index contributed by atoms with van der Waals surface area (Å²) in [6, 6.07) is 42.7. The van der Waals surface area contributed by atoms with Crippen LogP contribution >= 0.6 is 0 Å². The zero-order chi connectivity index (χ0) is 33.1. The van der Waals surface area contributed by atoms with Crippen LogP contribution in [0.15, 0.2) is 144 Å². The minimum absolute atomic E-state index is 0.0147. The second-order valence-corrected chi connectivity index (χ2v) is 13.1. The summed E-state index contributed by atoms with van der Waals surface area (Å²) in [6.07, 6.45) is 4.19. The number of hydrogen-bond acceptors (Lipinski definition) is 4. The van der Waals surface area contributed by atoms with Gasteiger partial charge in [0.05, 0.1) is 47.7 Å². The van der Waals surface area contributed by atoms with Crippen LogP contribution in [0.3, 0.4) is 0 Å². The fourth-order valence-electron chi connectivity index (χ4n) is 8.49. The molecule has 4 heterocycles. The van der Waals surface area contributed by atoms with Crippen LogP contribution < -0.4 is 9.47 Å². The van der Waals surface area contributed by atoms with Crippen LogP contribution in [0, 0.1) is 0 Å². The van der Waals surface area contributed by atoms with E-state index in [0.29, 0.717) is 0 Å². The summed E-state index contributed by atoms with van der Waals surface area (Å²) in [6.45, 7) is 0. The van der Waals surface area contributed by atoms with E-state index in [-0.39, 0.29) is 12.0 Å². The molecule has 0 fully saturated rings. The first-order chi connectivity index (χ1) is 24.7. The molecular formula is C44H30N2O4. The predicted molar refractivity (Wildman–Crippen MR) is 201 cm³/mol. The van der Waals surface area contributed by atoms with Crippen LogP contribution in [-0.4, -0.2) is 29.5 Å². The highest BCUT2D eigenvalue weighted by atomic mass is 16.5. The summed E-state index contributed by atoms with van der Waals surface area (Å²) in [5.74, 6) is 2.28. The molecule has 0 saturated heterocycles.